The summed E-state index contributed by atoms with van der Waals surface area (Å²) < 4.78 is 5.43. The molecule has 1 fully saturated rings. The highest BCUT2D eigenvalue weighted by Crippen LogP contribution is 2.33. The molecule has 0 saturated carbocycles. The summed E-state index contributed by atoms with van der Waals surface area (Å²) in [5, 5.41) is 23.2. The Balaban J connectivity index is 1.57. The Hall–Kier alpha value is -3.15. The topological polar surface area (TPSA) is 112 Å². The number of hydrogen-bond donors (Lipinski definition) is 1. The first-order valence-electron chi connectivity index (χ1n) is 8.24. The summed E-state index contributed by atoms with van der Waals surface area (Å²) in [7, 11) is 0. The molecule has 0 radical (unpaired) electrons. The van der Waals surface area contributed by atoms with Crippen molar-refractivity contribution in [2.24, 2.45) is 0 Å². The summed E-state index contributed by atoms with van der Waals surface area (Å²) in [6, 6.07) is 9.39. The van der Waals surface area contributed by atoms with Gasteiger partial charge in [-0.15, -0.1) is 0 Å². The van der Waals surface area contributed by atoms with Crippen molar-refractivity contribution < 1.29 is 9.63 Å². The number of nitrogens with zero attached hydrogens (tertiary/aromatic N) is 6. The number of hydrogen-bond acceptors (Lipinski definition) is 8. The molecule has 1 aliphatic heterocycles. The van der Waals surface area contributed by atoms with Crippen molar-refractivity contribution in [1.29, 1.82) is 5.26 Å². The monoisotopic (exact) mass is 348 g/mol. The number of aliphatic hydroxyl groups is 1. The van der Waals surface area contributed by atoms with Crippen molar-refractivity contribution in [2.75, 3.05) is 6.54 Å². The van der Waals surface area contributed by atoms with E-state index in [0.29, 0.717) is 42.5 Å². The van der Waals surface area contributed by atoms with Gasteiger partial charge in [-0.25, -0.2) is 4.98 Å². The molecule has 1 aromatic carbocycles. The van der Waals surface area contributed by atoms with Gasteiger partial charge in [-0.1, -0.05) is 17.3 Å². The Morgan fingerprint density at radius 3 is 3.08 bits per heavy atom. The summed E-state index contributed by atoms with van der Waals surface area (Å²) >= 11 is 0. The van der Waals surface area contributed by atoms with Crippen LogP contribution in [0.4, 0.5) is 0 Å². The van der Waals surface area contributed by atoms with E-state index in [1.165, 1.54) is 0 Å². The molecule has 0 aliphatic carbocycles. The van der Waals surface area contributed by atoms with Crippen LogP contribution >= 0.6 is 0 Å². The van der Waals surface area contributed by atoms with E-state index in [2.05, 4.69) is 31.1 Å². The highest BCUT2D eigenvalue weighted by Gasteiger charge is 2.36. The number of nitriles is 1. The molecule has 8 heteroatoms. The van der Waals surface area contributed by atoms with E-state index < -0.39 is 6.10 Å². The predicted octanol–water partition coefficient (Wildman–Crippen LogP) is 1.71. The summed E-state index contributed by atoms with van der Waals surface area (Å²) in [4.78, 5) is 14.7. The molecule has 2 unspecified atom stereocenters. The number of benzene rings is 1. The molecule has 2 atom stereocenters. The Kier molecular flexibility index (Phi) is 4.39. The van der Waals surface area contributed by atoms with Crippen molar-refractivity contribution in [3.05, 3.63) is 59.9 Å². The van der Waals surface area contributed by atoms with Crippen LogP contribution < -0.4 is 0 Å². The molecule has 26 heavy (non-hydrogen) atoms. The normalized spacial score (nSPS) is 20.2. The van der Waals surface area contributed by atoms with Gasteiger partial charge in [-0.3, -0.25) is 9.88 Å². The SMILES string of the molecule is N#Cc1cccc(CN2CC(O)CC2c2nc(-c3cnccn3)no2)c1. The van der Waals surface area contributed by atoms with E-state index in [0.717, 1.165) is 5.56 Å². The number of aromatic nitrogens is 4. The average Bonchev–Trinajstić information content (AvgIpc) is 3.29. The van der Waals surface area contributed by atoms with Gasteiger partial charge in [0.15, 0.2) is 0 Å². The second kappa shape index (κ2) is 7.00. The number of rotatable bonds is 4. The minimum atomic E-state index is -0.467. The first kappa shape index (κ1) is 16.3. The molecule has 0 spiro atoms. The molecule has 0 amide bonds. The first-order valence-corrected chi connectivity index (χ1v) is 8.24. The molecular weight excluding hydrogens is 332 g/mol. The summed E-state index contributed by atoms with van der Waals surface area (Å²) in [6.07, 6.45) is 4.77. The van der Waals surface area contributed by atoms with Crippen molar-refractivity contribution in [3.63, 3.8) is 0 Å². The van der Waals surface area contributed by atoms with Crippen LogP contribution in [0.1, 0.15) is 29.5 Å². The smallest absolute Gasteiger partial charge is 0.244 e. The van der Waals surface area contributed by atoms with Crippen LogP contribution in [0.15, 0.2) is 47.4 Å². The van der Waals surface area contributed by atoms with Crippen LogP contribution in [0.25, 0.3) is 11.5 Å². The van der Waals surface area contributed by atoms with Crippen LogP contribution in [-0.4, -0.2) is 42.8 Å². The zero-order valence-electron chi connectivity index (χ0n) is 13.9. The van der Waals surface area contributed by atoms with Crippen molar-refractivity contribution in [2.45, 2.75) is 25.1 Å². The molecular formula is C18H16N6O2. The molecule has 1 aliphatic rings. The fourth-order valence-corrected chi connectivity index (χ4v) is 3.17. The first-order chi connectivity index (χ1) is 12.7. The van der Waals surface area contributed by atoms with E-state index in [9.17, 15) is 5.11 Å². The third-order valence-electron chi connectivity index (χ3n) is 4.34. The van der Waals surface area contributed by atoms with Gasteiger partial charge in [0.05, 0.1) is 30.0 Å². The van der Waals surface area contributed by atoms with E-state index in [4.69, 9.17) is 9.78 Å². The van der Waals surface area contributed by atoms with Crippen molar-refractivity contribution >= 4 is 0 Å². The lowest BCUT2D eigenvalue weighted by Crippen LogP contribution is -2.24. The van der Waals surface area contributed by atoms with Crippen LogP contribution in [0.5, 0.6) is 0 Å². The Morgan fingerprint density at radius 2 is 2.27 bits per heavy atom. The second-order valence-corrected chi connectivity index (χ2v) is 6.19. The van der Waals surface area contributed by atoms with Gasteiger partial charge in [0.25, 0.3) is 0 Å². The maximum absolute atomic E-state index is 10.1. The van der Waals surface area contributed by atoms with Crippen LogP contribution in [-0.2, 0) is 6.54 Å². The average molecular weight is 348 g/mol. The quantitative estimate of drug-likeness (QED) is 0.758. The molecule has 0 bridgehead atoms. The maximum Gasteiger partial charge on any atom is 0.244 e. The minimum absolute atomic E-state index is 0.186. The molecule has 3 heterocycles. The van der Waals surface area contributed by atoms with Gasteiger partial charge < -0.3 is 9.63 Å². The lowest BCUT2D eigenvalue weighted by Gasteiger charge is -2.21. The predicted molar refractivity (Wildman–Crippen MR) is 90.3 cm³/mol. The number of aliphatic hydroxyl groups excluding tert-OH is 1. The molecule has 8 nitrogen and oxygen atoms in total. The van der Waals surface area contributed by atoms with Crippen molar-refractivity contribution in [3.8, 4) is 17.6 Å². The Labute approximate surface area is 149 Å². The van der Waals surface area contributed by atoms with Gasteiger partial charge >= 0.3 is 0 Å². The zero-order chi connectivity index (χ0) is 17.9. The third-order valence-corrected chi connectivity index (χ3v) is 4.34. The van der Waals surface area contributed by atoms with Gasteiger partial charge in [-0.2, -0.15) is 10.2 Å². The standard InChI is InChI=1S/C18H16N6O2/c19-8-12-2-1-3-13(6-12)10-24-11-14(25)7-16(24)18-22-17(23-26-18)15-9-20-4-5-21-15/h1-6,9,14,16,25H,7,10-11H2. The van der Waals surface area contributed by atoms with Crippen LogP contribution in [0.3, 0.4) is 0 Å². The van der Waals surface area contributed by atoms with Gasteiger partial charge in [-0.05, 0) is 24.1 Å². The lowest BCUT2D eigenvalue weighted by molar-refractivity contribution is 0.169. The minimum Gasteiger partial charge on any atom is -0.392 e. The van der Waals surface area contributed by atoms with E-state index in [1.54, 1.807) is 24.7 Å². The lowest BCUT2D eigenvalue weighted by atomic mass is 10.1. The number of likely N-dealkylation sites (tertiary alicyclic amines) is 1. The van der Waals surface area contributed by atoms with Crippen molar-refractivity contribution in [1.82, 2.24) is 25.0 Å². The molecule has 2 aromatic heterocycles. The Morgan fingerprint density at radius 1 is 1.35 bits per heavy atom. The molecule has 130 valence electrons. The van der Waals surface area contributed by atoms with Gasteiger partial charge in [0.1, 0.15) is 5.69 Å². The third kappa shape index (κ3) is 3.31. The zero-order valence-corrected chi connectivity index (χ0v) is 13.9. The van der Waals surface area contributed by atoms with Crippen LogP contribution in [0, 0.1) is 11.3 Å². The maximum atomic E-state index is 10.1. The molecule has 3 aromatic rings. The fraction of sp³-hybridized carbons (Fsp3) is 0.278. The summed E-state index contributed by atoms with van der Waals surface area (Å²) in [6.45, 7) is 1.09. The largest absolute Gasteiger partial charge is 0.392 e. The second-order valence-electron chi connectivity index (χ2n) is 6.19. The summed E-state index contributed by atoms with van der Waals surface area (Å²) in [5.74, 6) is 0.819. The molecule has 1 saturated heterocycles. The van der Waals surface area contributed by atoms with Crippen LogP contribution in [0.2, 0.25) is 0 Å². The van der Waals surface area contributed by atoms with E-state index >= 15 is 0 Å². The fourth-order valence-electron chi connectivity index (χ4n) is 3.17. The molecule has 4 rings (SSSR count). The van der Waals surface area contributed by atoms with Gasteiger partial charge in [0.2, 0.25) is 11.7 Å². The van der Waals surface area contributed by atoms with E-state index in [-0.39, 0.29) is 6.04 Å². The highest BCUT2D eigenvalue weighted by molar-refractivity contribution is 5.45. The van der Waals surface area contributed by atoms with Gasteiger partial charge in [0, 0.05) is 25.5 Å². The van der Waals surface area contributed by atoms with E-state index in [1.807, 2.05) is 18.2 Å². The number of β-amino-alcohol motifs (C(OH)–C–C–N with tert-alkyl or cyclic N) is 1. The molecule has 1 N–H and O–H groups in total. The Bertz CT molecular complexity index is 936. The highest BCUT2D eigenvalue weighted by atomic mass is 16.5. The summed E-state index contributed by atoms with van der Waals surface area (Å²) in [5.41, 5.74) is 2.15.